The molecule has 0 aliphatic carbocycles. The van der Waals surface area contributed by atoms with Gasteiger partial charge in [0.05, 0.1) is 38.1 Å². The predicted molar refractivity (Wildman–Crippen MR) is 101 cm³/mol. The Bertz CT molecular complexity index is 827. The van der Waals surface area contributed by atoms with Crippen LogP contribution in [0.15, 0.2) is 18.2 Å². The minimum Gasteiger partial charge on any atom is -0.465 e. The van der Waals surface area contributed by atoms with Crippen LogP contribution in [-0.2, 0) is 24.3 Å². The molecule has 1 aliphatic heterocycles. The van der Waals surface area contributed by atoms with Gasteiger partial charge in [0.25, 0.3) is 0 Å². The standard InChI is InChI=1S/C17H23N3O7S/c1-26-16(22)12-8-13(17(23)27-2)10-14(9-12)18-11-15(21)19-4-6-20(7-5-19)28(3,24)25/h8-10,18H,4-7,11H2,1-3H3. The van der Waals surface area contributed by atoms with Crippen molar-refractivity contribution < 1.29 is 32.3 Å². The molecular weight excluding hydrogens is 390 g/mol. The van der Waals surface area contributed by atoms with Crippen LogP contribution >= 0.6 is 0 Å². The maximum absolute atomic E-state index is 12.4. The zero-order valence-corrected chi connectivity index (χ0v) is 16.7. The molecule has 1 fully saturated rings. The first-order chi connectivity index (χ1) is 13.2. The van der Waals surface area contributed by atoms with E-state index in [1.807, 2.05) is 0 Å². The van der Waals surface area contributed by atoms with Gasteiger partial charge in [-0.2, -0.15) is 4.31 Å². The summed E-state index contributed by atoms with van der Waals surface area (Å²) in [5, 5.41) is 2.88. The predicted octanol–water partition coefficient (Wildman–Crippen LogP) is -0.224. The molecule has 1 aromatic carbocycles. The number of hydrogen-bond acceptors (Lipinski definition) is 8. The van der Waals surface area contributed by atoms with E-state index in [9.17, 15) is 22.8 Å². The molecule has 1 N–H and O–H groups in total. The summed E-state index contributed by atoms with van der Waals surface area (Å²) < 4.78 is 33.7. The van der Waals surface area contributed by atoms with Crippen molar-refractivity contribution in [3.63, 3.8) is 0 Å². The largest absolute Gasteiger partial charge is 0.465 e. The summed E-state index contributed by atoms with van der Waals surface area (Å²) in [6.07, 6.45) is 1.14. The Balaban J connectivity index is 2.04. The summed E-state index contributed by atoms with van der Waals surface area (Å²) >= 11 is 0. The van der Waals surface area contributed by atoms with Gasteiger partial charge in [0.1, 0.15) is 0 Å². The number of rotatable bonds is 6. The molecule has 0 atom stereocenters. The van der Waals surface area contributed by atoms with Gasteiger partial charge in [-0.25, -0.2) is 18.0 Å². The summed E-state index contributed by atoms with van der Waals surface area (Å²) in [6.45, 7) is 1.00. The average Bonchev–Trinajstić information content (AvgIpc) is 2.69. The Morgan fingerprint density at radius 2 is 1.46 bits per heavy atom. The number of nitrogens with zero attached hydrogens (tertiary/aromatic N) is 2. The van der Waals surface area contributed by atoms with E-state index in [1.165, 1.54) is 36.7 Å². The number of benzene rings is 1. The van der Waals surface area contributed by atoms with Gasteiger partial charge >= 0.3 is 11.9 Å². The van der Waals surface area contributed by atoms with Crippen LogP contribution in [0.5, 0.6) is 0 Å². The molecular formula is C17H23N3O7S. The molecule has 154 valence electrons. The number of piperazine rings is 1. The lowest BCUT2D eigenvalue weighted by Gasteiger charge is -2.33. The van der Waals surface area contributed by atoms with Crippen molar-refractivity contribution in [3.8, 4) is 0 Å². The normalized spacial score (nSPS) is 15.0. The number of methoxy groups -OCH3 is 2. The van der Waals surface area contributed by atoms with Gasteiger partial charge in [-0.15, -0.1) is 0 Å². The third-order valence-corrected chi connectivity index (χ3v) is 5.58. The van der Waals surface area contributed by atoms with Crippen molar-refractivity contribution in [1.29, 1.82) is 0 Å². The molecule has 1 heterocycles. The molecule has 11 heteroatoms. The second-order valence-electron chi connectivity index (χ2n) is 6.18. The lowest BCUT2D eigenvalue weighted by Crippen LogP contribution is -2.51. The third-order valence-electron chi connectivity index (χ3n) is 4.28. The number of carbonyl (C=O) groups is 3. The lowest BCUT2D eigenvalue weighted by atomic mass is 10.1. The van der Waals surface area contributed by atoms with Crippen LogP contribution in [0.3, 0.4) is 0 Å². The highest BCUT2D eigenvalue weighted by molar-refractivity contribution is 7.88. The Morgan fingerprint density at radius 3 is 1.89 bits per heavy atom. The highest BCUT2D eigenvalue weighted by Crippen LogP contribution is 2.17. The van der Waals surface area contributed by atoms with Crippen molar-refractivity contribution in [2.45, 2.75) is 0 Å². The maximum atomic E-state index is 12.4. The minimum atomic E-state index is -3.27. The lowest BCUT2D eigenvalue weighted by molar-refractivity contribution is -0.130. The van der Waals surface area contributed by atoms with Gasteiger partial charge in [0.15, 0.2) is 0 Å². The second-order valence-corrected chi connectivity index (χ2v) is 8.16. The molecule has 0 unspecified atom stereocenters. The molecule has 28 heavy (non-hydrogen) atoms. The van der Waals surface area contributed by atoms with Crippen molar-refractivity contribution in [2.75, 3.05) is 58.5 Å². The van der Waals surface area contributed by atoms with E-state index >= 15 is 0 Å². The molecule has 1 amide bonds. The van der Waals surface area contributed by atoms with E-state index in [0.717, 1.165) is 6.26 Å². The van der Waals surface area contributed by atoms with E-state index in [2.05, 4.69) is 14.8 Å². The van der Waals surface area contributed by atoms with Crippen molar-refractivity contribution in [1.82, 2.24) is 9.21 Å². The third kappa shape index (κ3) is 5.42. The number of esters is 2. The molecule has 10 nitrogen and oxygen atoms in total. The summed E-state index contributed by atoms with van der Waals surface area (Å²) in [7, 11) is -0.825. The maximum Gasteiger partial charge on any atom is 0.337 e. The van der Waals surface area contributed by atoms with Crippen LogP contribution in [0.25, 0.3) is 0 Å². The first-order valence-corrected chi connectivity index (χ1v) is 10.3. The van der Waals surface area contributed by atoms with Crippen LogP contribution < -0.4 is 5.32 Å². The fourth-order valence-corrected chi connectivity index (χ4v) is 3.59. The van der Waals surface area contributed by atoms with E-state index < -0.39 is 22.0 Å². The number of nitrogens with one attached hydrogen (secondary N) is 1. The van der Waals surface area contributed by atoms with Crippen LogP contribution in [0.1, 0.15) is 20.7 Å². The van der Waals surface area contributed by atoms with Crippen molar-refractivity contribution in [2.24, 2.45) is 0 Å². The Morgan fingerprint density at radius 1 is 0.964 bits per heavy atom. The van der Waals surface area contributed by atoms with E-state index in [-0.39, 0.29) is 36.7 Å². The van der Waals surface area contributed by atoms with Gasteiger partial charge in [0, 0.05) is 31.9 Å². The molecule has 1 aromatic rings. The number of hydrogen-bond donors (Lipinski definition) is 1. The zero-order valence-electron chi connectivity index (χ0n) is 15.9. The molecule has 2 rings (SSSR count). The summed E-state index contributed by atoms with van der Waals surface area (Å²) in [5.41, 5.74) is 0.663. The molecule has 0 radical (unpaired) electrons. The summed E-state index contributed by atoms with van der Waals surface area (Å²) in [4.78, 5) is 37.5. The molecule has 0 saturated carbocycles. The van der Waals surface area contributed by atoms with Crippen molar-refractivity contribution >= 4 is 33.6 Å². The monoisotopic (exact) mass is 413 g/mol. The Kier molecular flexibility index (Phi) is 6.97. The average molecular weight is 413 g/mol. The highest BCUT2D eigenvalue weighted by atomic mass is 32.2. The smallest absolute Gasteiger partial charge is 0.337 e. The van der Waals surface area contributed by atoms with Crippen LogP contribution in [0, 0.1) is 0 Å². The summed E-state index contributed by atoms with van der Waals surface area (Å²) in [6, 6.07) is 4.27. The quantitative estimate of drug-likeness (QED) is 0.635. The van der Waals surface area contributed by atoms with Gasteiger partial charge in [0.2, 0.25) is 15.9 Å². The molecule has 1 aliphatic rings. The number of sulfonamides is 1. The fourth-order valence-electron chi connectivity index (χ4n) is 2.76. The molecule has 1 saturated heterocycles. The van der Waals surface area contributed by atoms with Crippen LogP contribution in [0.2, 0.25) is 0 Å². The zero-order chi connectivity index (χ0) is 20.9. The molecule has 0 spiro atoms. The number of anilines is 1. The number of ether oxygens (including phenoxy) is 2. The first-order valence-electron chi connectivity index (χ1n) is 8.44. The van der Waals surface area contributed by atoms with Gasteiger partial charge in [-0.1, -0.05) is 0 Å². The second kappa shape index (κ2) is 9.02. The van der Waals surface area contributed by atoms with Gasteiger partial charge in [-0.3, -0.25) is 4.79 Å². The van der Waals surface area contributed by atoms with E-state index in [1.54, 1.807) is 4.90 Å². The first kappa shape index (κ1) is 21.6. The topological polar surface area (TPSA) is 122 Å². The minimum absolute atomic E-state index is 0.0793. The van der Waals surface area contributed by atoms with Gasteiger partial charge in [-0.05, 0) is 18.2 Å². The Labute approximate surface area is 163 Å². The Hall–Kier alpha value is -2.66. The fraction of sp³-hybridized carbons (Fsp3) is 0.471. The number of carbonyl (C=O) groups excluding carboxylic acids is 3. The highest BCUT2D eigenvalue weighted by Gasteiger charge is 2.25. The molecule has 0 bridgehead atoms. The van der Waals surface area contributed by atoms with Gasteiger partial charge < -0.3 is 19.7 Å². The SMILES string of the molecule is COC(=O)c1cc(NCC(=O)N2CCN(S(C)(=O)=O)CC2)cc(C(=O)OC)c1. The van der Waals surface area contributed by atoms with Crippen LogP contribution in [-0.4, -0.2) is 88.7 Å². The molecule has 0 aromatic heterocycles. The summed E-state index contributed by atoms with van der Waals surface area (Å²) in [5.74, 6) is -1.48. The van der Waals surface area contributed by atoms with Crippen LogP contribution in [0.4, 0.5) is 5.69 Å². The van der Waals surface area contributed by atoms with Crippen molar-refractivity contribution in [3.05, 3.63) is 29.3 Å². The number of amides is 1. The van der Waals surface area contributed by atoms with E-state index in [0.29, 0.717) is 18.8 Å². The van der Waals surface area contributed by atoms with E-state index in [4.69, 9.17) is 0 Å².